The number of rotatable bonds is 10. The zero-order valence-corrected chi connectivity index (χ0v) is 22.7. The lowest BCUT2D eigenvalue weighted by Crippen LogP contribution is -2.48. The molecule has 2 amide bonds. The first-order valence-corrected chi connectivity index (χ1v) is 13.3. The van der Waals surface area contributed by atoms with Crippen LogP contribution in [0.3, 0.4) is 0 Å². The molecule has 4 rings (SSSR count). The highest BCUT2D eigenvalue weighted by molar-refractivity contribution is 5.94. The maximum absolute atomic E-state index is 13.1. The maximum atomic E-state index is 13.1. The van der Waals surface area contributed by atoms with E-state index in [-0.39, 0.29) is 24.5 Å². The average Bonchev–Trinajstić information content (AvgIpc) is 2.94. The molecule has 1 aliphatic rings. The number of carbonyl (C=O) groups excluding carboxylic acids is 2. The molecule has 1 atom stereocenters. The second kappa shape index (κ2) is 12.1. The molecule has 0 spiro atoms. The lowest BCUT2D eigenvalue weighted by molar-refractivity contribution is -0.126. The molecule has 0 bridgehead atoms. The van der Waals surface area contributed by atoms with Crippen LogP contribution in [0.4, 0.5) is 10.5 Å². The van der Waals surface area contributed by atoms with E-state index in [0.29, 0.717) is 24.7 Å². The number of benzene rings is 2. The zero-order valence-electron chi connectivity index (χ0n) is 22.7. The Labute approximate surface area is 225 Å². The summed E-state index contributed by atoms with van der Waals surface area (Å²) >= 11 is 0. The topological polar surface area (TPSA) is 80.8 Å². The highest BCUT2D eigenvalue weighted by Crippen LogP contribution is 2.38. The van der Waals surface area contributed by atoms with Gasteiger partial charge in [0.2, 0.25) is 5.88 Å². The van der Waals surface area contributed by atoms with Crippen molar-refractivity contribution in [3.63, 3.8) is 0 Å². The molecule has 0 radical (unpaired) electrons. The first-order chi connectivity index (χ1) is 18.3. The summed E-state index contributed by atoms with van der Waals surface area (Å²) < 4.78 is 12.0. The highest BCUT2D eigenvalue weighted by atomic mass is 16.5. The molecular formula is C31H37N3O4. The van der Waals surface area contributed by atoms with Crippen molar-refractivity contribution < 1.29 is 19.1 Å². The molecule has 38 heavy (non-hydrogen) atoms. The minimum atomic E-state index is -0.563. The van der Waals surface area contributed by atoms with Gasteiger partial charge in [-0.2, -0.15) is 0 Å². The average molecular weight is 516 g/mol. The fraction of sp³-hybridized carbons (Fsp3) is 0.387. The number of fused-ring (bicyclic) bond motifs is 1. The van der Waals surface area contributed by atoms with Crippen molar-refractivity contribution in [1.82, 2.24) is 10.3 Å². The van der Waals surface area contributed by atoms with E-state index in [1.165, 1.54) is 5.56 Å². The van der Waals surface area contributed by atoms with Crippen LogP contribution in [-0.4, -0.2) is 42.6 Å². The van der Waals surface area contributed by atoms with E-state index < -0.39 is 5.41 Å². The Kier molecular flexibility index (Phi) is 8.66. The number of hydrogen-bond donors (Lipinski definition) is 1. The number of ether oxygens (including phenoxy) is 2. The van der Waals surface area contributed by atoms with Gasteiger partial charge in [0.1, 0.15) is 24.2 Å². The number of Topliss-reactive ketones (excluding diaryl/α,β-unsaturated/α-hetero) is 1. The molecule has 1 N–H and O–H groups in total. The third-order valence-electron chi connectivity index (χ3n) is 7.00. The second-order valence-corrected chi connectivity index (χ2v) is 10.4. The fourth-order valence-corrected chi connectivity index (χ4v) is 4.16. The van der Waals surface area contributed by atoms with Gasteiger partial charge in [-0.3, -0.25) is 9.69 Å². The van der Waals surface area contributed by atoms with Crippen LogP contribution in [-0.2, 0) is 11.2 Å². The third-order valence-corrected chi connectivity index (χ3v) is 7.00. The second-order valence-electron chi connectivity index (χ2n) is 10.4. The fourth-order valence-electron chi connectivity index (χ4n) is 4.16. The molecule has 1 aromatic heterocycles. The number of aryl methyl sites for hydroxylation is 1. The van der Waals surface area contributed by atoms with Crippen LogP contribution in [0.2, 0.25) is 0 Å². The van der Waals surface area contributed by atoms with Gasteiger partial charge in [-0.1, -0.05) is 43.3 Å². The SMILES string of the molecule is CCC1CN(C(=O)NCCCc2ccccc2)c2ccc(-c3ccc(OCC(C)(C)C(C)=O)nc3)cc2O1. The summed E-state index contributed by atoms with van der Waals surface area (Å²) in [6.07, 6.45) is 4.27. The molecule has 0 saturated heterocycles. The Morgan fingerprint density at radius 1 is 1.11 bits per heavy atom. The van der Waals surface area contributed by atoms with Gasteiger partial charge in [0, 0.05) is 24.4 Å². The summed E-state index contributed by atoms with van der Waals surface area (Å²) in [6, 6.07) is 19.8. The van der Waals surface area contributed by atoms with Gasteiger partial charge in [-0.05, 0) is 69.4 Å². The molecule has 2 aromatic carbocycles. The Morgan fingerprint density at radius 3 is 2.55 bits per heavy atom. The van der Waals surface area contributed by atoms with Crippen molar-refractivity contribution in [3.8, 4) is 22.8 Å². The molecule has 2 heterocycles. The van der Waals surface area contributed by atoms with Gasteiger partial charge in [0.05, 0.1) is 17.6 Å². The third kappa shape index (κ3) is 6.71. The number of nitrogens with zero attached hydrogens (tertiary/aromatic N) is 2. The van der Waals surface area contributed by atoms with Crippen LogP contribution in [0, 0.1) is 5.41 Å². The molecule has 7 nitrogen and oxygen atoms in total. The van der Waals surface area contributed by atoms with Crippen molar-refractivity contribution in [2.75, 3.05) is 24.6 Å². The minimum Gasteiger partial charge on any atom is -0.486 e. The lowest BCUT2D eigenvalue weighted by atomic mass is 9.90. The Bertz CT molecular complexity index is 1240. The van der Waals surface area contributed by atoms with E-state index in [2.05, 4.69) is 29.4 Å². The van der Waals surface area contributed by atoms with E-state index in [1.807, 2.05) is 56.3 Å². The van der Waals surface area contributed by atoms with Gasteiger partial charge in [0.15, 0.2) is 0 Å². The Morgan fingerprint density at radius 2 is 1.87 bits per heavy atom. The molecule has 0 saturated carbocycles. The number of urea groups is 1. The Balaban J connectivity index is 1.42. The van der Waals surface area contributed by atoms with Gasteiger partial charge < -0.3 is 14.8 Å². The smallest absolute Gasteiger partial charge is 0.322 e. The monoisotopic (exact) mass is 515 g/mol. The normalized spacial score (nSPS) is 14.8. The highest BCUT2D eigenvalue weighted by Gasteiger charge is 2.29. The quantitative estimate of drug-likeness (QED) is 0.332. The molecule has 0 aliphatic carbocycles. The predicted molar refractivity (Wildman–Crippen MR) is 150 cm³/mol. The number of pyridine rings is 1. The molecule has 0 fully saturated rings. The van der Waals surface area contributed by atoms with Crippen LogP contribution >= 0.6 is 0 Å². The van der Waals surface area contributed by atoms with Crippen molar-refractivity contribution in [1.29, 1.82) is 0 Å². The van der Waals surface area contributed by atoms with E-state index in [0.717, 1.165) is 36.1 Å². The largest absolute Gasteiger partial charge is 0.486 e. The van der Waals surface area contributed by atoms with Crippen molar-refractivity contribution in [2.45, 2.75) is 53.1 Å². The van der Waals surface area contributed by atoms with Crippen molar-refractivity contribution in [3.05, 3.63) is 72.4 Å². The van der Waals surface area contributed by atoms with Crippen molar-refractivity contribution >= 4 is 17.5 Å². The zero-order chi connectivity index (χ0) is 27.1. The molecule has 1 aliphatic heterocycles. The minimum absolute atomic E-state index is 0.0727. The maximum Gasteiger partial charge on any atom is 0.322 e. The predicted octanol–water partition coefficient (Wildman–Crippen LogP) is 6.06. The summed E-state index contributed by atoms with van der Waals surface area (Å²) in [5.74, 6) is 1.23. The number of carbonyl (C=O) groups is 2. The van der Waals surface area contributed by atoms with Crippen LogP contribution in [0.5, 0.6) is 11.6 Å². The van der Waals surface area contributed by atoms with Gasteiger partial charge in [0.25, 0.3) is 0 Å². The van der Waals surface area contributed by atoms with Crippen LogP contribution < -0.4 is 19.7 Å². The summed E-state index contributed by atoms with van der Waals surface area (Å²) in [6.45, 7) is 8.73. The number of aromatic nitrogens is 1. The number of hydrogen-bond acceptors (Lipinski definition) is 5. The van der Waals surface area contributed by atoms with Gasteiger partial charge in [-0.25, -0.2) is 9.78 Å². The standard InChI is InChI=1S/C31H37N3O4/c1-5-26-20-34(30(36)32-17-9-12-23-10-7-6-8-11-23)27-15-13-24(18-28(27)38-26)25-14-16-29(33-19-25)37-21-31(3,4)22(2)35/h6-8,10-11,13-16,18-19,26H,5,9,12,17,20-21H2,1-4H3,(H,32,36). The molecular weight excluding hydrogens is 478 g/mol. The molecule has 1 unspecified atom stereocenters. The molecule has 200 valence electrons. The van der Waals surface area contributed by atoms with E-state index in [4.69, 9.17) is 9.47 Å². The summed E-state index contributed by atoms with van der Waals surface area (Å²) in [5, 5.41) is 3.08. The van der Waals surface area contributed by atoms with Crippen LogP contribution in [0.1, 0.15) is 46.1 Å². The number of amides is 2. The number of ketones is 1. The van der Waals surface area contributed by atoms with Gasteiger partial charge in [-0.15, -0.1) is 0 Å². The van der Waals surface area contributed by atoms with Crippen LogP contribution in [0.15, 0.2) is 66.9 Å². The van der Waals surface area contributed by atoms with Crippen LogP contribution in [0.25, 0.3) is 11.1 Å². The molecule has 7 heteroatoms. The first kappa shape index (κ1) is 27.2. The van der Waals surface area contributed by atoms with E-state index >= 15 is 0 Å². The summed E-state index contributed by atoms with van der Waals surface area (Å²) in [5.41, 5.74) is 3.31. The van der Waals surface area contributed by atoms with Gasteiger partial charge >= 0.3 is 6.03 Å². The summed E-state index contributed by atoms with van der Waals surface area (Å²) in [4.78, 5) is 31.0. The lowest BCUT2D eigenvalue weighted by Gasteiger charge is -2.35. The Hall–Kier alpha value is -3.87. The van der Waals surface area contributed by atoms with Crippen molar-refractivity contribution in [2.24, 2.45) is 5.41 Å². The summed E-state index contributed by atoms with van der Waals surface area (Å²) in [7, 11) is 0. The van der Waals surface area contributed by atoms with E-state index in [9.17, 15) is 9.59 Å². The van der Waals surface area contributed by atoms with E-state index in [1.54, 1.807) is 24.1 Å². The molecule has 3 aromatic rings. The number of anilines is 1. The number of nitrogens with one attached hydrogen (secondary N) is 1. The first-order valence-electron chi connectivity index (χ1n) is 13.3.